The molecule has 0 bridgehead atoms. The Kier molecular flexibility index (Phi) is 6.81. The Morgan fingerprint density at radius 2 is 1.90 bits per heavy atom. The maximum absolute atomic E-state index is 4.74. The van der Waals surface area contributed by atoms with E-state index in [0.717, 1.165) is 40.2 Å². The molecule has 0 aromatic carbocycles. The number of nitrogens with one attached hydrogen (secondary N) is 3. The summed E-state index contributed by atoms with van der Waals surface area (Å²) in [7, 11) is 0. The van der Waals surface area contributed by atoms with Gasteiger partial charge in [0.05, 0.1) is 28.7 Å². The maximum atomic E-state index is 4.74. The van der Waals surface area contributed by atoms with Gasteiger partial charge in [-0.2, -0.15) is 0 Å². The first-order chi connectivity index (χ1) is 14.7. The summed E-state index contributed by atoms with van der Waals surface area (Å²) in [6, 6.07) is 2.47. The SMILES string of the molecule is CCNCc1cnc(Nc2ncc(-c3cc(C)nc(NC4CCCCC4)n3)s2)cn1. The summed E-state index contributed by atoms with van der Waals surface area (Å²) in [6.07, 6.45) is 11.6. The van der Waals surface area contributed by atoms with Gasteiger partial charge in [0, 0.05) is 24.5 Å². The molecule has 0 unspecified atom stereocenters. The van der Waals surface area contributed by atoms with Crippen molar-refractivity contribution in [1.29, 1.82) is 0 Å². The van der Waals surface area contributed by atoms with Crippen molar-refractivity contribution < 1.29 is 0 Å². The highest BCUT2D eigenvalue weighted by molar-refractivity contribution is 7.18. The number of hydrogen-bond donors (Lipinski definition) is 3. The summed E-state index contributed by atoms with van der Waals surface area (Å²) in [5.41, 5.74) is 2.75. The van der Waals surface area contributed by atoms with Crippen molar-refractivity contribution in [3.8, 4) is 10.6 Å². The average Bonchev–Trinajstić information content (AvgIpc) is 3.22. The summed E-state index contributed by atoms with van der Waals surface area (Å²) in [5.74, 6) is 1.39. The monoisotopic (exact) mass is 424 g/mol. The Hall–Kier alpha value is -2.65. The molecule has 0 amide bonds. The highest BCUT2D eigenvalue weighted by atomic mass is 32.1. The first-order valence-electron chi connectivity index (χ1n) is 10.6. The number of aromatic nitrogens is 5. The fourth-order valence-corrected chi connectivity index (χ4v) is 4.30. The summed E-state index contributed by atoms with van der Waals surface area (Å²) in [6.45, 7) is 5.69. The number of rotatable bonds is 8. The number of hydrogen-bond acceptors (Lipinski definition) is 9. The Bertz CT molecular complexity index is 950. The maximum Gasteiger partial charge on any atom is 0.223 e. The van der Waals surface area contributed by atoms with Crippen LogP contribution in [0.15, 0.2) is 24.7 Å². The summed E-state index contributed by atoms with van der Waals surface area (Å²) in [5, 5.41) is 10.7. The minimum Gasteiger partial charge on any atom is -0.351 e. The van der Waals surface area contributed by atoms with Crippen molar-refractivity contribution in [2.45, 2.75) is 58.5 Å². The van der Waals surface area contributed by atoms with Gasteiger partial charge in [-0.15, -0.1) is 0 Å². The van der Waals surface area contributed by atoms with Crippen LogP contribution in [0.1, 0.15) is 50.4 Å². The van der Waals surface area contributed by atoms with Crippen LogP contribution in [0.4, 0.5) is 16.9 Å². The van der Waals surface area contributed by atoms with Crippen LogP contribution in [-0.2, 0) is 6.54 Å². The molecule has 0 saturated heterocycles. The number of anilines is 3. The van der Waals surface area contributed by atoms with Crippen molar-refractivity contribution in [3.63, 3.8) is 0 Å². The molecule has 1 saturated carbocycles. The highest BCUT2D eigenvalue weighted by Gasteiger charge is 2.16. The van der Waals surface area contributed by atoms with Gasteiger partial charge in [0.25, 0.3) is 0 Å². The van der Waals surface area contributed by atoms with Crippen LogP contribution in [0.3, 0.4) is 0 Å². The molecule has 3 aromatic rings. The van der Waals surface area contributed by atoms with E-state index in [1.807, 2.05) is 19.2 Å². The van der Waals surface area contributed by atoms with E-state index in [1.165, 1.54) is 32.1 Å². The van der Waals surface area contributed by atoms with Gasteiger partial charge in [-0.1, -0.05) is 37.5 Å². The topological polar surface area (TPSA) is 101 Å². The van der Waals surface area contributed by atoms with Gasteiger partial charge in [-0.25, -0.2) is 19.9 Å². The zero-order chi connectivity index (χ0) is 20.8. The molecule has 30 heavy (non-hydrogen) atoms. The zero-order valence-corrected chi connectivity index (χ0v) is 18.3. The normalized spacial score (nSPS) is 14.6. The van der Waals surface area contributed by atoms with E-state index < -0.39 is 0 Å². The smallest absolute Gasteiger partial charge is 0.223 e. The molecule has 0 aliphatic heterocycles. The summed E-state index contributed by atoms with van der Waals surface area (Å²) < 4.78 is 0. The van der Waals surface area contributed by atoms with Crippen molar-refractivity contribution in [1.82, 2.24) is 30.2 Å². The number of aryl methyl sites for hydroxylation is 1. The van der Waals surface area contributed by atoms with Gasteiger partial charge in [0.2, 0.25) is 5.95 Å². The van der Waals surface area contributed by atoms with Crippen LogP contribution in [0.25, 0.3) is 10.6 Å². The van der Waals surface area contributed by atoms with E-state index in [4.69, 9.17) is 4.98 Å². The van der Waals surface area contributed by atoms with Gasteiger partial charge in [-0.3, -0.25) is 4.98 Å². The number of nitrogens with zero attached hydrogens (tertiary/aromatic N) is 5. The third kappa shape index (κ3) is 5.48. The van der Waals surface area contributed by atoms with Gasteiger partial charge < -0.3 is 16.0 Å². The van der Waals surface area contributed by atoms with Crippen LogP contribution in [-0.4, -0.2) is 37.5 Å². The fourth-order valence-electron chi connectivity index (χ4n) is 3.51. The molecule has 0 spiro atoms. The van der Waals surface area contributed by atoms with Crippen LogP contribution in [0.2, 0.25) is 0 Å². The molecule has 1 aliphatic rings. The van der Waals surface area contributed by atoms with Crippen LogP contribution in [0.5, 0.6) is 0 Å². The molecular formula is C21H28N8S. The standard InChI is InChI=1S/C21H28N8S/c1-3-22-10-16-11-24-19(13-23-16)29-21-25-12-18(30-21)17-9-14(2)26-20(28-17)27-15-7-5-4-6-8-15/h9,11-13,15,22H,3-8,10H2,1-2H3,(H,24,25,29)(H,26,27,28). The predicted molar refractivity (Wildman–Crippen MR) is 121 cm³/mol. The Morgan fingerprint density at radius 1 is 1.03 bits per heavy atom. The average molecular weight is 425 g/mol. The third-order valence-corrected chi connectivity index (χ3v) is 5.98. The van der Waals surface area contributed by atoms with Crippen LogP contribution >= 0.6 is 11.3 Å². The van der Waals surface area contributed by atoms with Gasteiger partial charge >= 0.3 is 0 Å². The van der Waals surface area contributed by atoms with E-state index in [2.05, 4.69) is 42.8 Å². The van der Waals surface area contributed by atoms with E-state index in [1.54, 1.807) is 23.7 Å². The quantitative estimate of drug-likeness (QED) is 0.492. The molecule has 3 N–H and O–H groups in total. The number of thiazole rings is 1. The lowest BCUT2D eigenvalue weighted by Gasteiger charge is -2.22. The molecule has 4 rings (SSSR count). The molecular weight excluding hydrogens is 396 g/mol. The van der Waals surface area contributed by atoms with E-state index >= 15 is 0 Å². The Balaban J connectivity index is 1.44. The lowest BCUT2D eigenvalue weighted by molar-refractivity contribution is 0.461. The Labute approximate surface area is 181 Å². The molecule has 9 heteroatoms. The summed E-state index contributed by atoms with van der Waals surface area (Å²) >= 11 is 1.54. The van der Waals surface area contributed by atoms with Crippen molar-refractivity contribution in [3.05, 3.63) is 36.0 Å². The molecule has 0 atom stereocenters. The second kappa shape index (κ2) is 9.90. The molecule has 8 nitrogen and oxygen atoms in total. The van der Waals surface area contributed by atoms with E-state index in [-0.39, 0.29) is 0 Å². The lowest BCUT2D eigenvalue weighted by Crippen LogP contribution is -2.23. The predicted octanol–water partition coefficient (Wildman–Crippen LogP) is 4.30. The second-order valence-corrected chi connectivity index (χ2v) is 8.56. The molecule has 1 fully saturated rings. The molecule has 0 radical (unpaired) electrons. The van der Waals surface area contributed by atoms with Crippen molar-refractivity contribution in [2.75, 3.05) is 17.2 Å². The first-order valence-corrected chi connectivity index (χ1v) is 11.4. The molecule has 158 valence electrons. The third-order valence-electron chi connectivity index (χ3n) is 5.05. The van der Waals surface area contributed by atoms with Gasteiger partial charge in [-0.05, 0) is 32.4 Å². The largest absolute Gasteiger partial charge is 0.351 e. The molecule has 1 aliphatic carbocycles. The van der Waals surface area contributed by atoms with Crippen molar-refractivity contribution in [2.24, 2.45) is 0 Å². The molecule has 3 aromatic heterocycles. The lowest BCUT2D eigenvalue weighted by atomic mass is 9.96. The molecule has 3 heterocycles. The van der Waals surface area contributed by atoms with Crippen molar-refractivity contribution >= 4 is 28.2 Å². The van der Waals surface area contributed by atoms with Gasteiger partial charge in [0.15, 0.2) is 10.9 Å². The summed E-state index contributed by atoms with van der Waals surface area (Å²) in [4.78, 5) is 23.6. The van der Waals surface area contributed by atoms with E-state index in [0.29, 0.717) is 17.8 Å². The minimum absolute atomic E-state index is 0.473. The highest BCUT2D eigenvalue weighted by Crippen LogP contribution is 2.30. The van der Waals surface area contributed by atoms with Crippen LogP contribution in [0, 0.1) is 6.92 Å². The fraction of sp³-hybridized carbons (Fsp3) is 0.476. The second-order valence-electron chi connectivity index (χ2n) is 7.53. The first kappa shape index (κ1) is 20.6. The van der Waals surface area contributed by atoms with Gasteiger partial charge in [0.1, 0.15) is 0 Å². The zero-order valence-electron chi connectivity index (χ0n) is 17.5. The Morgan fingerprint density at radius 3 is 2.67 bits per heavy atom. The van der Waals surface area contributed by atoms with E-state index in [9.17, 15) is 0 Å². The minimum atomic E-state index is 0.473. The van der Waals surface area contributed by atoms with Crippen LogP contribution < -0.4 is 16.0 Å².